The largest absolute Gasteiger partial charge is 0.347 e. The molecule has 3 heterocycles. The molecule has 1 spiro atoms. The quantitative estimate of drug-likeness (QED) is 0.840. The van der Waals surface area contributed by atoms with E-state index in [9.17, 15) is 0 Å². The summed E-state index contributed by atoms with van der Waals surface area (Å²) in [4.78, 5) is 2.20. The van der Waals surface area contributed by atoms with Gasteiger partial charge in [-0.1, -0.05) is 22.8 Å². The smallest absolute Gasteiger partial charge is 0.250 e. The van der Waals surface area contributed by atoms with Crippen LogP contribution in [0.4, 0.5) is 5.95 Å². The van der Waals surface area contributed by atoms with Gasteiger partial charge < -0.3 is 14.4 Å². The fourth-order valence-corrected chi connectivity index (χ4v) is 3.25. The van der Waals surface area contributed by atoms with E-state index in [4.69, 9.17) is 9.47 Å². The lowest BCUT2D eigenvalue weighted by Gasteiger charge is -2.37. The van der Waals surface area contributed by atoms with Crippen molar-refractivity contribution in [2.24, 2.45) is 0 Å². The Hall–Kier alpha value is -1.99. The van der Waals surface area contributed by atoms with Crippen LogP contribution in [-0.2, 0) is 9.47 Å². The molecule has 7 nitrogen and oxygen atoms in total. The first-order valence-electron chi connectivity index (χ1n) is 8.07. The van der Waals surface area contributed by atoms with Crippen LogP contribution in [0.3, 0.4) is 0 Å². The number of anilines is 1. The van der Waals surface area contributed by atoms with Gasteiger partial charge >= 0.3 is 0 Å². The minimum absolute atomic E-state index is 0.180. The molecule has 0 radical (unpaired) electrons. The van der Waals surface area contributed by atoms with E-state index in [0.29, 0.717) is 6.61 Å². The van der Waals surface area contributed by atoms with Crippen LogP contribution >= 0.6 is 0 Å². The van der Waals surface area contributed by atoms with Gasteiger partial charge in [-0.05, 0) is 36.4 Å². The minimum Gasteiger partial charge on any atom is -0.347 e. The number of piperidine rings is 1. The average molecular weight is 315 g/mol. The van der Waals surface area contributed by atoms with Gasteiger partial charge in [0.15, 0.2) is 5.79 Å². The summed E-state index contributed by atoms with van der Waals surface area (Å²) in [7, 11) is 0. The maximum Gasteiger partial charge on any atom is 0.250 e. The second kappa shape index (κ2) is 5.58. The first-order valence-corrected chi connectivity index (χ1v) is 8.07. The fraction of sp³-hybridized carbons (Fsp3) is 0.562. The molecule has 2 aromatic rings. The van der Waals surface area contributed by atoms with Crippen LogP contribution in [0.5, 0.6) is 0 Å². The van der Waals surface area contributed by atoms with Gasteiger partial charge in [0.1, 0.15) is 0 Å². The summed E-state index contributed by atoms with van der Waals surface area (Å²) in [5, 5.41) is 12.2. The number of tetrazole rings is 1. The molecule has 2 aliphatic heterocycles. The van der Waals surface area contributed by atoms with E-state index >= 15 is 0 Å². The molecule has 0 unspecified atom stereocenters. The van der Waals surface area contributed by atoms with Crippen LogP contribution in [0, 0.1) is 6.92 Å². The van der Waals surface area contributed by atoms with Crippen molar-refractivity contribution in [3.05, 3.63) is 29.8 Å². The highest BCUT2D eigenvalue weighted by atomic mass is 16.7. The van der Waals surface area contributed by atoms with Crippen LogP contribution in [-0.4, -0.2) is 51.8 Å². The first-order chi connectivity index (χ1) is 11.2. The summed E-state index contributed by atoms with van der Waals surface area (Å²) in [5.41, 5.74) is 2.19. The third-order valence-corrected chi connectivity index (χ3v) is 4.54. The van der Waals surface area contributed by atoms with Crippen molar-refractivity contribution in [3.63, 3.8) is 0 Å². The summed E-state index contributed by atoms with van der Waals surface area (Å²) in [6.07, 6.45) is 1.84. The zero-order valence-corrected chi connectivity index (χ0v) is 13.5. The SMILES string of the molecule is Cc1ccc(-n2nnnc2N2CCC3(CC2)OC[C@H](C)O3)cc1. The van der Waals surface area contributed by atoms with Gasteiger partial charge in [0.2, 0.25) is 5.95 Å². The van der Waals surface area contributed by atoms with Crippen molar-refractivity contribution < 1.29 is 9.47 Å². The molecule has 0 saturated carbocycles. The molecule has 1 aromatic carbocycles. The number of rotatable bonds is 2. The Morgan fingerprint density at radius 3 is 2.57 bits per heavy atom. The summed E-state index contributed by atoms with van der Waals surface area (Å²) in [5.74, 6) is 0.368. The zero-order valence-electron chi connectivity index (χ0n) is 13.5. The van der Waals surface area contributed by atoms with E-state index in [1.807, 2.05) is 12.1 Å². The Kier molecular flexibility index (Phi) is 3.54. The lowest BCUT2D eigenvalue weighted by molar-refractivity contribution is -0.178. The van der Waals surface area contributed by atoms with Gasteiger partial charge in [0.25, 0.3) is 0 Å². The zero-order chi connectivity index (χ0) is 15.9. The number of nitrogens with zero attached hydrogens (tertiary/aromatic N) is 5. The molecule has 2 saturated heterocycles. The van der Waals surface area contributed by atoms with Crippen molar-refractivity contribution in [2.75, 3.05) is 24.6 Å². The maximum absolute atomic E-state index is 5.98. The highest BCUT2D eigenvalue weighted by Crippen LogP contribution is 2.35. The molecule has 0 bridgehead atoms. The Labute approximate surface area is 135 Å². The predicted octanol–water partition coefficient (Wildman–Crippen LogP) is 1.70. The monoisotopic (exact) mass is 315 g/mol. The van der Waals surface area contributed by atoms with Crippen LogP contribution in [0.1, 0.15) is 25.3 Å². The predicted molar refractivity (Wildman–Crippen MR) is 84.6 cm³/mol. The topological polar surface area (TPSA) is 65.3 Å². The highest BCUT2D eigenvalue weighted by Gasteiger charge is 2.43. The lowest BCUT2D eigenvalue weighted by atomic mass is 10.0. The number of hydrogen-bond donors (Lipinski definition) is 0. The standard InChI is InChI=1S/C16H21N5O2/c1-12-3-5-14(6-4-12)21-15(17-18-19-21)20-9-7-16(8-10-20)22-11-13(2)23-16/h3-6,13H,7-11H2,1-2H3/t13-/m0/s1. The summed E-state index contributed by atoms with van der Waals surface area (Å²) >= 11 is 0. The molecule has 1 atom stereocenters. The van der Waals surface area contributed by atoms with Gasteiger partial charge in [-0.3, -0.25) is 0 Å². The highest BCUT2D eigenvalue weighted by molar-refractivity contribution is 5.42. The molecule has 0 N–H and O–H groups in total. The molecule has 2 aliphatic rings. The molecule has 0 amide bonds. The van der Waals surface area contributed by atoms with Crippen LogP contribution in [0.15, 0.2) is 24.3 Å². The van der Waals surface area contributed by atoms with E-state index in [1.54, 1.807) is 4.68 Å². The number of aromatic nitrogens is 4. The fourth-order valence-electron chi connectivity index (χ4n) is 3.25. The number of aryl methyl sites for hydroxylation is 1. The van der Waals surface area contributed by atoms with Crippen LogP contribution in [0.2, 0.25) is 0 Å². The number of benzene rings is 1. The van der Waals surface area contributed by atoms with Crippen molar-refractivity contribution in [2.45, 2.75) is 38.6 Å². The van der Waals surface area contributed by atoms with Crippen molar-refractivity contribution in [1.29, 1.82) is 0 Å². The van der Waals surface area contributed by atoms with Crippen LogP contribution < -0.4 is 4.90 Å². The second-order valence-corrected chi connectivity index (χ2v) is 6.36. The lowest BCUT2D eigenvalue weighted by Crippen LogP contribution is -2.46. The van der Waals surface area contributed by atoms with Crippen molar-refractivity contribution in [1.82, 2.24) is 20.2 Å². The molecule has 7 heteroatoms. The van der Waals surface area contributed by atoms with Gasteiger partial charge in [-0.15, -0.1) is 0 Å². The van der Waals surface area contributed by atoms with E-state index in [2.05, 4.69) is 46.4 Å². The Morgan fingerprint density at radius 2 is 1.91 bits per heavy atom. The molecule has 0 aliphatic carbocycles. The van der Waals surface area contributed by atoms with Gasteiger partial charge in [0, 0.05) is 25.9 Å². The van der Waals surface area contributed by atoms with Crippen molar-refractivity contribution >= 4 is 5.95 Å². The minimum atomic E-state index is -0.405. The Bertz CT molecular complexity index is 676. The third kappa shape index (κ3) is 2.70. The second-order valence-electron chi connectivity index (χ2n) is 6.36. The van der Waals surface area contributed by atoms with E-state index in [1.165, 1.54) is 5.56 Å². The molecule has 1 aromatic heterocycles. The summed E-state index contributed by atoms with van der Waals surface area (Å²) in [6, 6.07) is 8.19. The van der Waals surface area contributed by atoms with Crippen LogP contribution in [0.25, 0.3) is 5.69 Å². The number of hydrogen-bond acceptors (Lipinski definition) is 6. The van der Waals surface area contributed by atoms with Gasteiger partial charge in [-0.2, -0.15) is 4.68 Å². The summed E-state index contributed by atoms with van der Waals surface area (Å²) in [6.45, 7) is 6.44. The van der Waals surface area contributed by atoms with Gasteiger partial charge in [0.05, 0.1) is 18.4 Å². The molecular weight excluding hydrogens is 294 g/mol. The summed E-state index contributed by atoms with van der Waals surface area (Å²) < 4.78 is 13.6. The Morgan fingerprint density at radius 1 is 1.17 bits per heavy atom. The Balaban J connectivity index is 1.52. The normalized spacial score (nSPS) is 23.6. The van der Waals surface area contributed by atoms with Gasteiger partial charge in [-0.25, -0.2) is 0 Å². The maximum atomic E-state index is 5.98. The third-order valence-electron chi connectivity index (χ3n) is 4.54. The molecule has 23 heavy (non-hydrogen) atoms. The molecule has 2 fully saturated rings. The van der Waals surface area contributed by atoms with E-state index < -0.39 is 5.79 Å². The molecule has 4 rings (SSSR count). The van der Waals surface area contributed by atoms with E-state index in [0.717, 1.165) is 37.6 Å². The first kappa shape index (κ1) is 14.6. The molecular formula is C16H21N5O2. The van der Waals surface area contributed by atoms with E-state index in [-0.39, 0.29) is 6.10 Å². The van der Waals surface area contributed by atoms with Crippen molar-refractivity contribution in [3.8, 4) is 5.69 Å². The molecule has 122 valence electrons. The average Bonchev–Trinajstić information content (AvgIpc) is 3.17. The number of ether oxygens (including phenoxy) is 2.